The van der Waals surface area contributed by atoms with Crippen molar-refractivity contribution in [2.45, 2.75) is 43.6 Å². The van der Waals surface area contributed by atoms with E-state index in [0.717, 1.165) is 19.3 Å². The number of benzene rings is 1. The minimum absolute atomic E-state index is 0.0318. The summed E-state index contributed by atoms with van der Waals surface area (Å²) in [6.45, 7) is 0. The fraction of sp³-hybridized carbons (Fsp3) is 0.389. The Morgan fingerprint density at radius 3 is 2.54 bits per heavy atom. The number of nitrogens with zero attached hydrogens (tertiary/aromatic N) is 1. The van der Waals surface area contributed by atoms with E-state index in [0.29, 0.717) is 27.5 Å². The highest BCUT2D eigenvalue weighted by atomic mass is 32.1. The van der Waals surface area contributed by atoms with Crippen LogP contribution < -0.4 is 16.0 Å². The van der Waals surface area contributed by atoms with Gasteiger partial charge in [0.05, 0.1) is 6.20 Å². The van der Waals surface area contributed by atoms with E-state index in [9.17, 15) is 22.8 Å². The second-order valence-corrected chi connectivity index (χ2v) is 7.95. The number of anilines is 1. The topological polar surface area (TPSA) is 83.1 Å². The van der Waals surface area contributed by atoms with Crippen molar-refractivity contribution in [3.05, 3.63) is 35.3 Å². The molecule has 1 aromatic heterocycles. The van der Waals surface area contributed by atoms with Crippen LogP contribution in [0.2, 0.25) is 0 Å². The van der Waals surface area contributed by atoms with E-state index in [2.05, 4.69) is 15.6 Å². The minimum atomic E-state index is -4.94. The van der Waals surface area contributed by atoms with E-state index >= 15 is 0 Å². The summed E-state index contributed by atoms with van der Waals surface area (Å²) in [6, 6.07) is 6.78. The number of thiazole rings is 1. The van der Waals surface area contributed by atoms with Gasteiger partial charge in [-0.05, 0) is 43.5 Å². The van der Waals surface area contributed by atoms with Gasteiger partial charge in [0.2, 0.25) is 0 Å². The second-order valence-electron chi connectivity index (χ2n) is 6.92. The minimum Gasteiger partial charge on any atom is -0.347 e. The van der Waals surface area contributed by atoms with Crippen LogP contribution >= 0.6 is 11.3 Å². The van der Waals surface area contributed by atoms with E-state index in [1.165, 1.54) is 29.7 Å². The van der Waals surface area contributed by atoms with Gasteiger partial charge in [-0.3, -0.25) is 9.59 Å². The predicted octanol–water partition coefficient (Wildman–Crippen LogP) is 2.93. The second kappa shape index (κ2) is 7.17. The smallest absolute Gasteiger partial charge is 0.347 e. The lowest BCUT2D eigenvalue weighted by molar-refractivity contribution is -0.167. The lowest BCUT2D eigenvalue weighted by Gasteiger charge is -2.20. The number of halogens is 3. The van der Waals surface area contributed by atoms with Gasteiger partial charge in [0, 0.05) is 29.4 Å². The van der Waals surface area contributed by atoms with Crippen molar-refractivity contribution in [2.75, 3.05) is 5.32 Å². The van der Waals surface area contributed by atoms with Crippen LogP contribution in [-0.2, 0) is 4.79 Å². The first-order chi connectivity index (χ1) is 13.3. The molecule has 2 fully saturated rings. The van der Waals surface area contributed by atoms with Crippen molar-refractivity contribution in [3.63, 3.8) is 0 Å². The maximum Gasteiger partial charge on any atom is 0.471 e. The van der Waals surface area contributed by atoms with E-state index in [1.54, 1.807) is 17.4 Å². The Morgan fingerprint density at radius 1 is 1.18 bits per heavy atom. The molecule has 28 heavy (non-hydrogen) atoms. The molecule has 2 amide bonds. The molecule has 3 heterocycles. The number of hydrogen-bond acceptors (Lipinski definition) is 5. The Balaban J connectivity index is 1.39. The molecule has 2 aliphatic rings. The molecule has 0 aliphatic carbocycles. The van der Waals surface area contributed by atoms with Crippen molar-refractivity contribution in [3.8, 4) is 10.6 Å². The number of hydrogen-bond donors (Lipinski definition) is 3. The molecule has 4 rings (SSSR count). The molecule has 0 radical (unpaired) electrons. The lowest BCUT2D eigenvalue weighted by atomic mass is 9.95. The lowest BCUT2D eigenvalue weighted by Crippen LogP contribution is -2.42. The summed E-state index contributed by atoms with van der Waals surface area (Å²) < 4.78 is 36.9. The molecule has 2 aliphatic heterocycles. The number of aromatic nitrogens is 1. The Morgan fingerprint density at radius 2 is 1.93 bits per heavy atom. The van der Waals surface area contributed by atoms with Crippen LogP contribution in [-0.4, -0.2) is 41.1 Å². The molecule has 2 bridgehead atoms. The van der Waals surface area contributed by atoms with Crippen molar-refractivity contribution >= 4 is 28.8 Å². The number of carbonyl (C=O) groups excluding carboxylic acids is 2. The molecule has 3 N–H and O–H groups in total. The fourth-order valence-corrected chi connectivity index (χ4v) is 4.46. The Bertz CT molecular complexity index is 897. The van der Waals surface area contributed by atoms with Gasteiger partial charge >= 0.3 is 12.1 Å². The van der Waals surface area contributed by atoms with Crippen LogP contribution in [0.1, 0.15) is 28.9 Å². The van der Waals surface area contributed by atoms with Crippen molar-refractivity contribution in [1.29, 1.82) is 0 Å². The summed E-state index contributed by atoms with van der Waals surface area (Å²) in [5.41, 5.74) is 0.681. The van der Waals surface area contributed by atoms with E-state index < -0.39 is 12.1 Å². The van der Waals surface area contributed by atoms with Gasteiger partial charge in [-0.25, -0.2) is 4.98 Å². The van der Waals surface area contributed by atoms with Gasteiger partial charge in [0.15, 0.2) is 0 Å². The summed E-state index contributed by atoms with van der Waals surface area (Å²) in [5, 5.41) is 8.88. The normalized spacial score (nSPS) is 23.6. The predicted molar refractivity (Wildman–Crippen MR) is 98.1 cm³/mol. The largest absolute Gasteiger partial charge is 0.471 e. The number of fused-ring (bicyclic) bond motifs is 2. The SMILES string of the molecule is O=C(NC1CC2CCC1N2)c1cnc(-c2ccc(NC(=O)C(F)(F)F)cc2)s1. The van der Waals surface area contributed by atoms with Crippen LogP contribution in [0.4, 0.5) is 18.9 Å². The molecule has 0 saturated carbocycles. The zero-order valence-corrected chi connectivity index (χ0v) is 15.4. The molecule has 3 unspecified atom stereocenters. The summed E-state index contributed by atoms with van der Waals surface area (Å²) in [6.07, 6.45) is -0.283. The number of amides is 2. The number of rotatable bonds is 4. The van der Waals surface area contributed by atoms with Crippen molar-refractivity contribution in [2.24, 2.45) is 0 Å². The molecule has 3 atom stereocenters. The van der Waals surface area contributed by atoms with Crippen LogP contribution in [0.3, 0.4) is 0 Å². The zero-order valence-electron chi connectivity index (χ0n) is 14.5. The molecule has 1 aromatic carbocycles. The standard InChI is InChI=1S/C18H17F3N4O2S/c19-18(20,21)17(27)24-10-3-1-9(2-4-10)16-22-8-14(28-16)15(26)25-13-7-11-5-6-12(13)23-11/h1-4,8,11-13,23H,5-7H2,(H,24,27)(H,25,26). The van der Waals surface area contributed by atoms with Crippen LogP contribution in [0, 0.1) is 0 Å². The molecule has 2 saturated heterocycles. The third-order valence-electron chi connectivity index (χ3n) is 4.99. The first kappa shape index (κ1) is 18.9. The van der Waals surface area contributed by atoms with Gasteiger partial charge in [0.1, 0.15) is 9.88 Å². The molecule has 10 heteroatoms. The van der Waals surface area contributed by atoms with Crippen LogP contribution in [0.5, 0.6) is 0 Å². The summed E-state index contributed by atoms with van der Waals surface area (Å²) in [7, 11) is 0. The molecular weight excluding hydrogens is 393 g/mol. The van der Waals surface area contributed by atoms with Crippen molar-refractivity contribution < 1.29 is 22.8 Å². The average molecular weight is 410 g/mol. The average Bonchev–Trinajstić information content (AvgIpc) is 3.38. The molecule has 2 aromatic rings. The Kier molecular flexibility index (Phi) is 4.84. The highest BCUT2D eigenvalue weighted by Crippen LogP contribution is 2.30. The Hall–Kier alpha value is -2.46. The number of carbonyl (C=O) groups is 2. The molecule has 148 valence electrons. The summed E-state index contributed by atoms with van der Waals surface area (Å²) in [5.74, 6) is -2.19. The number of alkyl halides is 3. The third-order valence-corrected chi connectivity index (χ3v) is 6.04. The van der Waals surface area contributed by atoms with E-state index in [-0.39, 0.29) is 17.6 Å². The third kappa shape index (κ3) is 3.88. The molecular formula is C18H17F3N4O2S. The highest BCUT2D eigenvalue weighted by Gasteiger charge is 2.40. The van der Waals surface area contributed by atoms with Crippen molar-refractivity contribution in [1.82, 2.24) is 15.6 Å². The monoisotopic (exact) mass is 410 g/mol. The van der Waals surface area contributed by atoms with Crippen LogP contribution in [0.15, 0.2) is 30.5 Å². The van der Waals surface area contributed by atoms with Gasteiger partial charge < -0.3 is 16.0 Å². The van der Waals surface area contributed by atoms with E-state index in [4.69, 9.17) is 0 Å². The van der Waals surface area contributed by atoms with Crippen LogP contribution in [0.25, 0.3) is 10.6 Å². The Labute approximate surface area is 162 Å². The maximum atomic E-state index is 12.5. The first-order valence-electron chi connectivity index (χ1n) is 8.81. The van der Waals surface area contributed by atoms with E-state index in [1.807, 2.05) is 0 Å². The van der Waals surface area contributed by atoms with Gasteiger partial charge in [0.25, 0.3) is 5.91 Å². The molecule has 0 spiro atoms. The van der Waals surface area contributed by atoms with Gasteiger partial charge in [-0.15, -0.1) is 11.3 Å². The first-order valence-corrected chi connectivity index (χ1v) is 9.62. The molecule has 6 nitrogen and oxygen atoms in total. The number of nitrogens with one attached hydrogen (secondary N) is 3. The zero-order chi connectivity index (χ0) is 19.9. The van der Waals surface area contributed by atoms with Gasteiger partial charge in [-0.2, -0.15) is 13.2 Å². The quantitative estimate of drug-likeness (QED) is 0.724. The maximum absolute atomic E-state index is 12.5. The van der Waals surface area contributed by atoms with Gasteiger partial charge in [-0.1, -0.05) is 0 Å². The summed E-state index contributed by atoms with van der Waals surface area (Å²) in [4.78, 5) is 28.1. The fourth-order valence-electron chi connectivity index (χ4n) is 3.63. The highest BCUT2D eigenvalue weighted by molar-refractivity contribution is 7.16. The summed E-state index contributed by atoms with van der Waals surface area (Å²) >= 11 is 1.21.